The lowest BCUT2D eigenvalue weighted by Crippen LogP contribution is -2.13. The minimum atomic E-state index is 1.01. The maximum atomic E-state index is 4.43. The van der Waals surface area contributed by atoms with Crippen LogP contribution in [0, 0.1) is 0 Å². The molecule has 0 unspecified atom stereocenters. The minimum absolute atomic E-state index is 1.01. The summed E-state index contributed by atoms with van der Waals surface area (Å²) in [6, 6.07) is 0. The number of nitrogens with one attached hydrogen (secondary N) is 1. The summed E-state index contributed by atoms with van der Waals surface area (Å²) < 4.78 is 0. The van der Waals surface area contributed by atoms with Crippen LogP contribution in [-0.2, 0) is 12.8 Å². The number of anilines is 1. The third-order valence-electron chi connectivity index (χ3n) is 4.25. The smallest absolute Gasteiger partial charge is 0.132 e. The second kappa shape index (κ2) is 6.18. The molecule has 1 heterocycles. The van der Waals surface area contributed by atoms with Crippen LogP contribution >= 0.6 is 0 Å². The number of rotatable bonds is 4. The molecule has 1 aromatic rings. The Kier molecular flexibility index (Phi) is 4.11. The first-order valence-corrected chi connectivity index (χ1v) is 7.68. The summed E-state index contributed by atoms with van der Waals surface area (Å²) in [5.74, 6) is 1.08. The monoisotopic (exact) mass is 257 g/mol. The highest BCUT2D eigenvalue weighted by Crippen LogP contribution is 2.25. The van der Waals surface area contributed by atoms with Crippen LogP contribution in [0.2, 0.25) is 0 Å². The molecule has 0 saturated heterocycles. The van der Waals surface area contributed by atoms with Crippen LogP contribution in [0.3, 0.4) is 0 Å². The number of nitrogens with zero attached hydrogens (tertiary/aromatic N) is 2. The van der Waals surface area contributed by atoms with E-state index in [0.717, 1.165) is 25.2 Å². The fourth-order valence-electron chi connectivity index (χ4n) is 3.15. The van der Waals surface area contributed by atoms with Gasteiger partial charge in [0.2, 0.25) is 0 Å². The number of aromatic nitrogens is 2. The Hall–Kier alpha value is -1.38. The number of hydrogen-bond donors (Lipinski definition) is 1. The molecular weight excluding hydrogens is 234 g/mol. The van der Waals surface area contributed by atoms with Crippen LogP contribution in [0.4, 0.5) is 5.82 Å². The summed E-state index contributed by atoms with van der Waals surface area (Å²) in [7, 11) is 0. The van der Waals surface area contributed by atoms with Crippen molar-refractivity contribution in [2.75, 3.05) is 11.9 Å². The Bertz CT molecular complexity index is 465. The van der Waals surface area contributed by atoms with Gasteiger partial charge in [0, 0.05) is 17.8 Å². The van der Waals surface area contributed by atoms with Crippen molar-refractivity contribution < 1.29 is 0 Å². The van der Waals surface area contributed by atoms with Crippen molar-refractivity contribution in [2.24, 2.45) is 0 Å². The first-order chi connectivity index (χ1) is 9.43. The van der Waals surface area contributed by atoms with Crippen LogP contribution in [0.1, 0.15) is 56.2 Å². The Morgan fingerprint density at radius 1 is 1.00 bits per heavy atom. The van der Waals surface area contributed by atoms with Crippen LogP contribution in [0.15, 0.2) is 18.0 Å². The highest BCUT2D eigenvalue weighted by atomic mass is 15.0. The molecule has 0 amide bonds. The third-order valence-corrected chi connectivity index (χ3v) is 4.25. The molecule has 19 heavy (non-hydrogen) atoms. The van der Waals surface area contributed by atoms with Gasteiger partial charge in [0.15, 0.2) is 0 Å². The molecule has 2 aliphatic carbocycles. The standard InChI is InChI=1S/C16H23N3/c1-2-6-13(7-3-1)10-11-17-16-14-8-4-5-9-15(14)18-12-19-16/h6,12H,1-5,7-11H2,(H,17,18,19). The van der Waals surface area contributed by atoms with E-state index < -0.39 is 0 Å². The lowest BCUT2D eigenvalue weighted by Gasteiger charge is -2.18. The topological polar surface area (TPSA) is 37.8 Å². The second-order valence-corrected chi connectivity index (χ2v) is 5.64. The van der Waals surface area contributed by atoms with Gasteiger partial charge in [-0.1, -0.05) is 11.6 Å². The minimum Gasteiger partial charge on any atom is -0.369 e. The Morgan fingerprint density at radius 2 is 1.89 bits per heavy atom. The molecular formula is C16H23N3. The molecule has 0 aromatic carbocycles. The maximum absolute atomic E-state index is 4.43. The van der Waals surface area contributed by atoms with Gasteiger partial charge in [-0.15, -0.1) is 0 Å². The van der Waals surface area contributed by atoms with Crippen molar-refractivity contribution in [3.63, 3.8) is 0 Å². The molecule has 0 atom stereocenters. The van der Waals surface area contributed by atoms with Gasteiger partial charge in [0.25, 0.3) is 0 Å². The van der Waals surface area contributed by atoms with Gasteiger partial charge in [-0.25, -0.2) is 9.97 Å². The van der Waals surface area contributed by atoms with Crippen molar-refractivity contribution in [1.82, 2.24) is 9.97 Å². The maximum Gasteiger partial charge on any atom is 0.132 e. The van der Waals surface area contributed by atoms with E-state index in [1.807, 2.05) is 0 Å². The van der Waals surface area contributed by atoms with E-state index in [4.69, 9.17) is 0 Å². The van der Waals surface area contributed by atoms with Gasteiger partial charge < -0.3 is 5.32 Å². The van der Waals surface area contributed by atoms with Gasteiger partial charge in [0.05, 0.1) is 0 Å². The first kappa shape index (κ1) is 12.6. The Morgan fingerprint density at radius 3 is 2.79 bits per heavy atom. The quantitative estimate of drug-likeness (QED) is 0.836. The van der Waals surface area contributed by atoms with E-state index in [9.17, 15) is 0 Å². The normalized spacial score (nSPS) is 18.6. The molecule has 0 aliphatic heterocycles. The molecule has 0 fully saturated rings. The molecule has 0 saturated carbocycles. The largest absolute Gasteiger partial charge is 0.369 e. The molecule has 0 spiro atoms. The second-order valence-electron chi connectivity index (χ2n) is 5.64. The van der Waals surface area contributed by atoms with Gasteiger partial charge in [-0.3, -0.25) is 0 Å². The average molecular weight is 257 g/mol. The SMILES string of the molecule is C1=C(CCNc2ncnc3c2CCCC3)CCCC1. The van der Waals surface area contributed by atoms with E-state index in [2.05, 4.69) is 21.4 Å². The van der Waals surface area contributed by atoms with Crippen molar-refractivity contribution in [3.8, 4) is 0 Å². The van der Waals surface area contributed by atoms with Crippen molar-refractivity contribution in [3.05, 3.63) is 29.2 Å². The van der Waals surface area contributed by atoms with Gasteiger partial charge in [-0.2, -0.15) is 0 Å². The van der Waals surface area contributed by atoms with Crippen molar-refractivity contribution in [1.29, 1.82) is 0 Å². The number of hydrogen-bond acceptors (Lipinski definition) is 3. The van der Waals surface area contributed by atoms with E-state index >= 15 is 0 Å². The lowest BCUT2D eigenvalue weighted by molar-refractivity contribution is 0.661. The zero-order chi connectivity index (χ0) is 12.9. The summed E-state index contributed by atoms with van der Waals surface area (Å²) in [5, 5.41) is 3.53. The van der Waals surface area contributed by atoms with Crippen LogP contribution < -0.4 is 5.32 Å². The summed E-state index contributed by atoms with van der Waals surface area (Å²) in [5.41, 5.74) is 4.26. The molecule has 0 radical (unpaired) electrons. The number of aryl methyl sites for hydroxylation is 1. The van der Waals surface area contributed by atoms with Gasteiger partial charge >= 0.3 is 0 Å². The van der Waals surface area contributed by atoms with Gasteiger partial charge in [0.1, 0.15) is 12.1 Å². The predicted octanol–water partition coefficient (Wildman–Crippen LogP) is 3.66. The van der Waals surface area contributed by atoms with E-state index in [1.165, 1.54) is 56.2 Å². The molecule has 1 N–H and O–H groups in total. The zero-order valence-corrected chi connectivity index (χ0v) is 11.6. The van der Waals surface area contributed by atoms with Crippen LogP contribution in [0.25, 0.3) is 0 Å². The van der Waals surface area contributed by atoms with Crippen LogP contribution in [0.5, 0.6) is 0 Å². The molecule has 102 valence electrons. The summed E-state index contributed by atoms with van der Waals surface area (Å²) in [6.45, 7) is 1.01. The Balaban J connectivity index is 1.59. The molecule has 3 heteroatoms. The fourth-order valence-corrected chi connectivity index (χ4v) is 3.15. The van der Waals surface area contributed by atoms with Gasteiger partial charge in [-0.05, 0) is 57.8 Å². The lowest BCUT2D eigenvalue weighted by atomic mass is 9.96. The fraction of sp³-hybridized carbons (Fsp3) is 0.625. The molecule has 0 bridgehead atoms. The van der Waals surface area contributed by atoms with E-state index in [-0.39, 0.29) is 0 Å². The summed E-state index contributed by atoms with van der Waals surface area (Å²) in [4.78, 5) is 8.85. The molecule has 3 nitrogen and oxygen atoms in total. The first-order valence-electron chi connectivity index (χ1n) is 7.68. The zero-order valence-electron chi connectivity index (χ0n) is 11.6. The Labute approximate surface area is 115 Å². The van der Waals surface area contributed by atoms with E-state index in [0.29, 0.717) is 0 Å². The van der Waals surface area contributed by atoms with Crippen molar-refractivity contribution in [2.45, 2.75) is 57.8 Å². The van der Waals surface area contributed by atoms with Crippen LogP contribution in [-0.4, -0.2) is 16.5 Å². The number of fused-ring (bicyclic) bond motifs is 1. The highest BCUT2D eigenvalue weighted by molar-refractivity contribution is 5.47. The molecule has 3 rings (SSSR count). The van der Waals surface area contributed by atoms with E-state index in [1.54, 1.807) is 11.9 Å². The summed E-state index contributed by atoms with van der Waals surface area (Å²) in [6.07, 6.45) is 15.4. The summed E-state index contributed by atoms with van der Waals surface area (Å²) >= 11 is 0. The predicted molar refractivity (Wildman–Crippen MR) is 78.3 cm³/mol. The molecule has 2 aliphatic rings. The molecule has 1 aromatic heterocycles. The van der Waals surface area contributed by atoms with Crippen molar-refractivity contribution >= 4 is 5.82 Å². The number of allylic oxidation sites excluding steroid dienone is 1. The highest BCUT2D eigenvalue weighted by Gasteiger charge is 2.15. The third kappa shape index (κ3) is 3.14. The average Bonchev–Trinajstić information content (AvgIpc) is 2.49.